The minimum atomic E-state index is -5.52. The van der Waals surface area contributed by atoms with Gasteiger partial charge in [-0.25, -0.2) is 8.42 Å². The Hall–Kier alpha value is 1.18. The van der Waals surface area contributed by atoms with Crippen molar-refractivity contribution in [3.05, 3.63) is 0 Å². The molecule has 0 aliphatic rings. The first-order chi connectivity index (χ1) is 4.00. The minimum absolute atomic E-state index is 0. The van der Waals surface area contributed by atoms with Crippen LogP contribution in [0.15, 0.2) is 0 Å². The van der Waals surface area contributed by atoms with E-state index in [2.05, 4.69) is 0 Å². The van der Waals surface area contributed by atoms with Crippen LogP contribution in [0.1, 0.15) is 0 Å². The molecule has 0 aromatic heterocycles. The number of rotatable bonds is 0. The third-order valence-corrected chi connectivity index (χ3v) is 0. The van der Waals surface area contributed by atoms with E-state index in [1.807, 2.05) is 0 Å². The van der Waals surface area contributed by atoms with Gasteiger partial charge in [-0.15, -0.1) is 0 Å². The Morgan fingerprint density at radius 3 is 1.18 bits per heavy atom. The van der Waals surface area contributed by atoms with Crippen molar-refractivity contribution in [1.29, 1.82) is 0 Å². The fraction of sp³-hybridized carbons (Fsp3) is 0. The van der Waals surface area contributed by atoms with Crippen LogP contribution in [-0.2, 0) is 16.6 Å². The topological polar surface area (TPSA) is 152 Å². The predicted octanol–water partition coefficient (Wildman–Crippen LogP) is -5.72. The standard InChI is InChI=1S/Na.H2O4S.H2O4Te/c;2*1-5(2,3)4/h;2*(H2,1,2,3,4)/q+1;;/p-1. The van der Waals surface area contributed by atoms with Gasteiger partial charge in [-0.2, -0.15) is 0 Å². The Morgan fingerprint density at radius 2 is 1.18 bits per heavy atom. The van der Waals surface area contributed by atoms with Crippen LogP contribution in [0.25, 0.3) is 0 Å². The summed E-state index contributed by atoms with van der Waals surface area (Å²) in [7, 11) is -4.92. The molecule has 0 radical (unpaired) electrons. The van der Waals surface area contributed by atoms with Crippen LogP contribution in [0.5, 0.6) is 0 Å². The Balaban J connectivity index is -0.000000107. The molecule has 0 aliphatic heterocycles. The van der Waals surface area contributed by atoms with Crippen LogP contribution in [0.4, 0.5) is 0 Å². The van der Waals surface area contributed by atoms with Crippen LogP contribution in [0.3, 0.4) is 0 Å². The average molecular weight is 314 g/mol. The van der Waals surface area contributed by atoms with Crippen LogP contribution in [-0.4, -0.2) is 43.4 Å². The summed E-state index contributed by atoms with van der Waals surface area (Å²) >= 11 is -5.52. The van der Waals surface area contributed by atoms with Crippen molar-refractivity contribution in [3.63, 3.8) is 0 Å². The van der Waals surface area contributed by atoms with Gasteiger partial charge in [0.05, 0.1) is 0 Å². The second-order valence-corrected chi connectivity index (χ2v) is 4.29. The molecule has 8 nitrogen and oxygen atoms in total. The molecule has 0 aromatic carbocycles. The van der Waals surface area contributed by atoms with Crippen molar-refractivity contribution < 1.29 is 60.2 Å². The quantitative estimate of drug-likeness (QED) is 0.227. The van der Waals surface area contributed by atoms with Crippen molar-refractivity contribution in [2.24, 2.45) is 0 Å². The summed E-state index contributed by atoms with van der Waals surface area (Å²) in [5.74, 6) is 0. The van der Waals surface area contributed by atoms with E-state index in [4.69, 9.17) is 30.7 Å². The molecular formula is H3NaO8STe. The fourth-order valence-electron chi connectivity index (χ4n) is 0. The molecule has 0 heterocycles. The summed E-state index contributed by atoms with van der Waals surface area (Å²) in [6.45, 7) is 0. The SMILES string of the molecule is O=S(=O)([O-])O.O=[Te](=O)(O)O.[Na+]. The van der Waals surface area contributed by atoms with E-state index in [1.54, 1.807) is 0 Å². The Bertz CT molecular complexity index is 210. The number of hydrogen-bond acceptors (Lipinski definition) is 5. The van der Waals surface area contributed by atoms with Gasteiger partial charge in [0, 0.05) is 0 Å². The molecule has 0 atom stereocenters. The second-order valence-electron chi connectivity index (χ2n) is 0.876. The zero-order valence-corrected chi connectivity index (χ0v) is 10.3. The average Bonchev–Trinajstić information content (AvgIpc) is 1.12. The fourth-order valence-corrected chi connectivity index (χ4v) is 0. The maximum atomic E-state index is 8.85. The third-order valence-electron chi connectivity index (χ3n) is 0. The third kappa shape index (κ3) is 677. The van der Waals surface area contributed by atoms with E-state index in [9.17, 15) is 0 Å². The van der Waals surface area contributed by atoms with Crippen LogP contribution in [0.2, 0.25) is 0 Å². The van der Waals surface area contributed by atoms with Crippen LogP contribution in [0, 0.1) is 0 Å². The van der Waals surface area contributed by atoms with Gasteiger partial charge >= 0.3 is 61.7 Å². The molecule has 0 saturated heterocycles. The van der Waals surface area contributed by atoms with Crippen molar-refractivity contribution in [2.75, 3.05) is 0 Å². The van der Waals surface area contributed by atoms with E-state index in [-0.39, 0.29) is 29.6 Å². The molecule has 11 heavy (non-hydrogen) atoms. The Kier molecular flexibility index (Phi) is 11.0. The van der Waals surface area contributed by atoms with Crippen molar-refractivity contribution in [2.45, 2.75) is 0 Å². The molecule has 0 saturated carbocycles. The summed E-state index contributed by atoms with van der Waals surface area (Å²) in [6, 6.07) is 0. The molecule has 11 heteroatoms. The Morgan fingerprint density at radius 1 is 1.18 bits per heavy atom. The zero-order valence-electron chi connectivity index (χ0n) is 5.20. The van der Waals surface area contributed by atoms with Gasteiger partial charge in [-0.05, 0) is 0 Å². The summed E-state index contributed by atoms with van der Waals surface area (Å²) in [4.78, 5) is 0. The van der Waals surface area contributed by atoms with E-state index in [1.165, 1.54) is 0 Å². The zero-order chi connectivity index (χ0) is 9.00. The molecule has 0 aliphatic carbocycles. The van der Waals surface area contributed by atoms with Gasteiger partial charge in [0.1, 0.15) is 0 Å². The predicted molar refractivity (Wildman–Crippen MR) is 23.9 cm³/mol. The van der Waals surface area contributed by atoms with Crippen LogP contribution >= 0.6 is 0 Å². The van der Waals surface area contributed by atoms with Gasteiger partial charge in [-0.1, -0.05) is 0 Å². The second kappa shape index (κ2) is 6.67. The summed E-state index contributed by atoms with van der Waals surface area (Å²) in [5.41, 5.74) is 0. The molecule has 0 rings (SSSR count). The van der Waals surface area contributed by atoms with E-state index >= 15 is 0 Å². The first-order valence-electron chi connectivity index (χ1n) is 1.38. The van der Waals surface area contributed by atoms with E-state index < -0.39 is 29.4 Å². The molecule has 0 spiro atoms. The maximum absolute atomic E-state index is 8.85. The molecule has 0 aromatic rings. The first-order valence-corrected chi connectivity index (χ1v) is 6.73. The molecule has 0 unspecified atom stereocenters. The molecule has 3 N–H and O–H groups in total. The van der Waals surface area contributed by atoms with Crippen molar-refractivity contribution >= 4 is 29.4 Å². The molecule has 64 valence electrons. The monoisotopic (exact) mass is 316 g/mol. The summed E-state index contributed by atoms with van der Waals surface area (Å²) in [5, 5.41) is 0. The van der Waals surface area contributed by atoms with Crippen molar-refractivity contribution in [1.82, 2.24) is 0 Å². The van der Waals surface area contributed by atoms with Gasteiger partial charge in [0.15, 0.2) is 0 Å². The summed E-state index contributed by atoms with van der Waals surface area (Å²) < 4.78 is 64.8. The molecule has 0 bridgehead atoms. The summed E-state index contributed by atoms with van der Waals surface area (Å²) in [6.07, 6.45) is 0. The van der Waals surface area contributed by atoms with Gasteiger partial charge in [0.25, 0.3) is 0 Å². The number of hydrogen-bond donors (Lipinski definition) is 3. The molecular weight excluding hydrogens is 311 g/mol. The first kappa shape index (κ1) is 18.1. The maximum Gasteiger partial charge on any atom is 1.00 e. The van der Waals surface area contributed by atoms with Gasteiger partial charge in [-0.3, -0.25) is 4.55 Å². The van der Waals surface area contributed by atoms with E-state index in [0.29, 0.717) is 0 Å². The van der Waals surface area contributed by atoms with E-state index in [0.717, 1.165) is 0 Å². The normalized spacial score (nSPS) is 10.5. The molecule has 0 fully saturated rings. The Labute approximate surface area is 88.7 Å². The van der Waals surface area contributed by atoms with Gasteiger partial charge in [0.2, 0.25) is 10.4 Å². The minimum Gasteiger partial charge on any atom is 1.00 e. The van der Waals surface area contributed by atoms with Crippen LogP contribution < -0.4 is 29.6 Å². The molecule has 0 amide bonds. The van der Waals surface area contributed by atoms with Crippen molar-refractivity contribution in [3.8, 4) is 0 Å². The smallest absolute Gasteiger partial charge is 1.00 e. The largest absolute Gasteiger partial charge is 1.00 e. The van der Waals surface area contributed by atoms with Gasteiger partial charge < -0.3 is 4.55 Å².